The van der Waals surface area contributed by atoms with Crippen molar-refractivity contribution in [3.05, 3.63) is 51.7 Å². The van der Waals surface area contributed by atoms with E-state index in [9.17, 15) is 9.59 Å². The summed E-state index contributed by atoms with van der Waals surface area (Å²) in [5.41, 5.74) is 1.06. The van der Waals surface area contributed by atoms with Crippen LogP contribution in [0.4, 0.5) is 0 Å². The standard InChI is InChI=1S/C17H19NO4S/c1-12-6-4-5-7-13(12)22-11-10-18(2)16(19)14-8-9-15(23-14)17(20)21-3/h4-9H,10-11H2,1-3H3. The zero-order chi connectivity index (χ0) is 16.8. The number of nitrogens with zero attached hydrogens (tertiary/aromatic N) is 1. The first kappa shape index (κ1) is 17.0. The number of carbonyl (C=O) groups excluding carboxylic acids is 2. The predicted octanol–water partition coefficient (Wildman–Crippen LogP) is 2.99. The van der Waals surface area contributed by atoms with E-state index in [2.05, 4.69) is 4.74 Å². The summed E-state index contributed by atoms with van der Waals surface area (Å²) in [5.74, 6) is 0.246. The minimum Gasteiger partial charge on any atom is -0.491 e. The molecular formula is C17H19NO4S. The van der Waals surface area contributed by atoms with Gasteiger partial charge in [-0.1, -0.05) is 18.2 Å². The Balaban J connectivity index is 1.89. The van der Waals surface area contributed by atoms with Crippen LogP contribution >= 0.6 is 11.3 Å². The SMILES string of the molecule is COC(=O)c1ccc(C(=O)N(C)CCOc2ccccc2C)s1. The van der Waals surface area contributed by atoms with Crippen LogP contribution in [-0.2, 0) is 4.74 Å². The third-order valence-electron chi connectivity index (χ3n) is 3.33. The number of hydrogen-bond donors (Lipinski definition) is 0. The molecule has 0 aliphatic rings. The molecule has 0 saturated heterocycles. The number of esters is 1. The van der Waals surface area contributed by atoms with Gasteiger partial charge in [-0.3, -0.25) is 4.79 Å². The van der Waals surface area contributed by atoms with Gasteiger partial charge in [0.1, 0.15) is 17.2 Å². The third kappa shape index (κ3) is 4.32. The first-order chi connectivity index (χ1) is 11.0. The third-order valence-corrected chi connectivity index (χ3v) is 4.38. The lowest BCUT2D eigenvalue weighted by Gasteiger charge is -2.17. The van der Waals surface area contributed by atoms with Gasteiger partial charge in [0.2, 0.25) is 0 Å². The van der Waals surface area contributed by atoms with E-state index in [4.69, 9.17) is 4.74 Å². The molecule has 0 spiro atoms. The van der Waals surface area contributed by atoms with Crippen LogP contribution in [0, 0.1) is 6.92 Å². The predicted molar refractivity (Wildman–Crippen MR) is 89.3 cm³/mol. The summed E-state index contributed by atoms with van der Waals surface area (Å²) in [5, 5.41) is 0. The summed E-state index contributed by atoms with van der Waals surface area (Å²) in [6.45, 7) is 2.84. The van der Waals surface area contributed by atoms with Crippen molar-refractivity contribution >= 4 is 23.2 Å². The Kier molecular flexibility index (Phi) is 5.76. The van der Waals surface area contributed by atoms with Gasteiger partial charge in [0.05, 0.1) is 18.5 Å². The quantitative estimate of drug-likeness (QED) is 0.763. The highest BCUT2D eigenvalue weighted by atomic mass is 32.1. The Morgan fingerprint density at radius 3 is 2.52 bits per heavy atom. The van der Waals surface area contributed by atoms with Gasteiger partial charge in [-0.05, 0) is 30.7 Å². The number of amides is 1. The van der Waals surface area contributed by atoms with E-state index in [1.165, 1.54) is 7.11 Å². The highest BCUT2D eigenvalue weighted by Gasteiger charge is 2.17. The fourth-order valence-corrected chi connectivity index (χ4v) is 2.88. The molecule has 0 N–H and O–H groups in total. The molecule has 1 aromatic heterocycles. The molecule has 2 aromatic rings. The zero-order valence-corrected chi connectivity index (χ0v) is 14.2. The number of likely N-dealkylation sites (N-methyl/N-ethyl adjacent to an activating group) is 1. The highest BCUT2D eigenvalue weighted by molar-refractivity contribution is 7.15. The van der Waals surface area contributed by atoms with E-state index in [0.29, 0.717) is 22.9 Å². The van der Waals surface area contributed by atoms with Gasteiger partial charge >= 0.3 is 5.97 Å². The van der Waals surface area contributed by atoms with Gasteiger partial charge in [0, 0.05) is 7.05 Å². The monoisotopic (exact) mass is 333 g/mol. The molecule has 0 unspecified atom stereocenters. The van der Waals surface area contributed by atoms with E-state index < -0.39 is 5.97 Å². The fraction of sp³-hybridized carbons (Fsp3) is 0.294. The lowest BCUT2D eigenvalue weighted by molar-refractivity contribution is 0.0606. The smallest absolute Gasteiger partial charge is 0.348 e. The van der Waals surface area contributed by atoms with Crippen molar-refractivity contribution < 1.29 is 19.1 Å². The lowest BCUT2D eigenvalue weighted by Crippen LogP contribution is -2.30. The van der Waals surface area contributed by atoms with Crippen molar-refractivity contribution in [1.29, 1.82) is 0 Å². The Hall–Kier alpha value is -2.34. The molecular weight excluding hydrogens is 314 g/mol. The molecule has 0 atom stereocenters. The minimum absolute atomic E-state index is 0.140. The summed E-state index contributed by atoms with van der Waals surface area (Å²) >= 11 is 1.13. The summed E-state index contributed by atoms with van der Waals surface area (Å²) in [6, 6.07) is 11.0. The second-order valence-corrected chi connectivity index (χ2v) is 6.08. The van der Waals surface area contributed by atoms with Crippen LogP contribution in [0.2, 0.25) is 0 Å². The number of rotatable bonds is 6. The Labute approximate surface area is 139 Å². The topological polar surface area (TPSA) is 55.8 Å². The van der Waals surface area contributed by atoms with Crippen molar-refractivity contribution in [2.45, 2.75) is 6.92 Å². The maximum absolute atomic E-state index is 12.3. The van der Waals surface area contributed by atoms with Gasteiger partial charge in [-0.2, -0.15) is 0 Å². The van der Waals surface area contributed by atoms with Crippen LogP contribution < -0.4 is 4.74 Å². The molecule has 1 heterocycles. The normalized spacial score (nSPS) is 10.2. The van der Waals surface area contributed by atoms with Crippen LogP contribution in [0.1, 0.15) is 24.9 Å². The molecule has 23 heavy (non-hydrogen) atoms. The molecule has 0 fully saturated rings. The van der Waals surface area contributed by atoms with Crippen molar-refractivity contribution in [1.82, 2.24) is 4.90 Å². The lowest BCUT2D eigenvalue weighted by atomic mass is 10.2. The van der Waals surface area contributed by atoms with E-state index in [1.54, 1.807) is 24.1 Å². The zero-order valence-electron chi connectivity index (χ0n) is 13.4. The molecule has 1 amide bonds. The van der Waals surface area contributed by atoms with Crippen LogP contribution in [0.15, 0.2) is 36.4 Å². The molecule has 0 saturated carbocycles. The second-order valence-electron chi connectivity index (χ2n) is 5.00. The summed E-state index contributed by atoms with van der Waals surface area (Å²) in [7, 11) is 3.03. The molecule has 0 aliphatic carbocycles. The van der Waals surface area contributed by atoms with Crippen LogP contribution in [0.5, 0.6) is 5.75 Å². The van der Waals surface area contributed by atoms with Crippen molar-refractivity contribution in [3.63, 3.8) is 0 Å². The minimum atomic E-state index is -0.431. The van der Waals surface area contributed by atoms with Crippen molar-refractivity contribution in [2.75, 3.05) is 27.3 Å². The van der Waals surface area contributed by atoms with Crippen LogP contribution in [-0.4, -0.2) is 44.1 Å². The van der Waals surface area contributed by atoms with Crippen molar-refractivity contribution in [2.24, 2.45) is 0 Å². The number of benzene rings is 1. The van der Waals surface area contributed by atoms with Gasteiger partial charge in [-0.15, -0.1) is 11.3 Å². The summed E-state index contributed by atoms with van der Waals surface area (Å²) < 4.78 is 10.3. The number of aryl methyl sites for hydroxylation is 1. The first-order valence-electron chi connectivity index (χ1n) is 7.15. The van der Waals surface area contributed by atoms with Crippen LogP contribution in [0.25, 0.3) is 0 Å². The first-order valence-corrected chi connectivity index (χ1v) is 7.96. The van der Waals surface area contributed by atoms with E-state index in [0.717, 1.165) is 22.6 Å². The largest absolute Gasteiger partial charge is 0.491 e. The Morgan fingerprint density at radius 2 is 1.83 bits per heavy atom. The summed E-state index contributed by atoms with van der Waals surface area (Å²) in [6.07, 6.45) is 0. The number of carbonyl (C=O) groups is 2. The number of para-hydroxylation sites is 1. The number of hydrogen-bond acceptors (Lipinski definition) is 5. The molecule has 2 rings (SSSR count). The van der Waals surface area contributed by atoms with Gasteiger partial charge in [0.25, 0.3) is 5.91 Å². The number of thiophene rings is 1. The van der Waals surface area contributed by atoms with Crippen LogP contribution in [0.3, 0.4) is 0 Å². The molecule has 0 aliphatic heterocycles. The second kappa shape index (κ2) is 7.78. The Bertz CT molecular complexity index is 695. The van der Waals surface area contributed by atoms with E-state index in [-0.39, 0.29) is 5.91 Å². The highest BCUT2D eigenvalue weighted by Crippen LogP contribution is 2.19. The fourth-order valence-electron chi connectivity index (χ4n) is 1.96. The maximum atomic E-state index is 12.3. The molecule has 1 aromatic carbocycles. The van der Waals surface area contributed by atoms with E-state index in [1.807, 2.05) is 31.2 Å². The molecule has 0 bridgehead atoms. The van der Waals surface area contributed by atoms with Gasteiger partial charge in [0.15, 0.2) is 0 Å². The number of ether oxygens (including phenoxy) is 2. The van der Waals surface area contributed by atoms with Crippen molar-refractivity contribution in [3.8, 4) is 5.75 Å². The summed E-state index contributed by atoms with van der Waals surface area (Å²) in [4.78, 5) is 26.2. The van der Waals surface area contributed by atoms with Gasteiger partial charge < -0.3 is 14.4 Å². The average Bonchev–Trinajstić information content (AvgIpc) is 3.05. The molecule has 0 radical (unpaired) electrons. The Morgan fingerprint density at radius 1 is 1.13 bits per heavy atom. The molecule has 6 heteroatoms. The maximum Gasteiger partial charge on any atom is 0.348 e. The molecule has 122 valence electrons. The average molecular weight is 333 g/mol. The van der Waals surface area contributed by atoms with Gasteiger partial charge in [-0.25, -0.2) is 4.79 Å². The number of methoxy groups -OCH3 is 1. The van der Waals surface area contributed by atoms with E-state index >= 15 is 0 Å². The molecule has 5 nitrogen and oxygen atoms in total.